The second-order valence-corrected chi connectivity index (χ2v) is 4.44. The molecule has 20 heavy (non-hydrogen) atoms. The van der Waals surface area contributed by atoms with Gasteiger partial charge in [0, 0.05) is 12.1 Å². The van der Waals surface area contributed by atoms with Gasteiger partial charge in [-0.15, -0.1) is 0 Å². The SMILES string of the molecule is CNC(=O)NC(=O)[C@H](C)OC(=O)Cc1ccc(Cl)cc1. The van der Waals surface area contributed by atoms with Crippen molar-refractivity contribution in [2.75, 3.05) is 7.05 Å². The Hall–Kier alpha value is -2.08. The van der Waals surface area contributed by atoms with E-state index in [0.29, 0.717) is 5.02 Å². The van der Waals surface area contributed by atoms with Crippen molar-refractivity contribution in [3.05, 3.63) is 34.9 Å². The van der Waals surface area contributed by atoms with E-state index < -0.39 is 24.0 Å². The van der Waals surface area contributed by atoms with Gasteiger partial charge < -0.3 is 10.1 Å². The third-order valence-electron chi connectivity index (χ3n) is 2.40. The fraction of sp³-hybridized carbons (Fsp3) is 0.308. The molecule has 0 heterocycles. The van der Waals surface area contributed by atoms with Crippen LogP contribution in [0.15, 0.2) is 24.3 Å². The normalized spacial score (nSPS) is 11.3. The van der Waals surface area contributed by atoms with Crippen LogP contribution >= 0.6 is 11.6 Å². The van der Waals surface area contributed by atoms with E-state index in [2.05, 4.69) is 5.32 Å². The summed E-state index contributed by atoms with van der Waals surface area (Å²) in [4.78, 5) is 34.0. The highest BCUT2D eigenvalue weighted by atomic mass is 35.5. The van der Waals surface area contributed by atoms with Gasteiger partial charge in [-0.3, -0.25) is 14.9 Å². The number of imide groups is 1. The first-order valence-corrected chi connectivity index (χ1v) is 6.26. The number of nitrogens with one attached hydrogen (secondary N) is 2. The Morgan fingerprint density at radius 1 is 1.25 bits per heavy atom. The largest absolute Gasteiger partial charge is 0.452 e. The van der Waals surface area contributed by atoms with Gasteiger partial charge in [-0.2, -0.15) is 0 Å². The number of carbonyl (C=O) groups excluding carboxylic acids is 3. The Bertz CT molecular complexity index is 502. The Morgan fingerprint density at radius 3 is 2.40 bits per heavy atom. The fourth-order valence-corrected chi connectivity index (χ4v) is 1.46. The zero-order valence-electron chi connectivity index (χ0n) is 11.1. The summed E-state index contributed by atoms with van der Waals surface area (Å²) in [6, 6.07) is 6.05. The molecular formula is C13H15ClN2O4. The van der Waals surface area contributed by atoms with Crippen LogP contribution in [0.3, 0.4) is 0 Å². The number of carbonyl (C=O) groups is 3. The number of hydrogen-bond donors (Lipinski definition) is 2. The number of benzene rings is 1. The van der Waals surface area contributed by atoms with Gasteiger partial charge in [0.05, 0.1) is 6.42 Å². The molecule has 108 valence electrons. The molecule has 0 bridgehead atoms. The molecule has 1 aromatic carbocycles. The summed E-state index contributed by atoms with van der Waals surface area (Å²) in [5, 5.41) is 4.82. The summed E-state index contributed by atoms with van der Waals surface area (Å²) in [5.74, 6) is -1.25. The third kappa shape index (κ3) is 5.27. The molecule has 0 aliphatic carbocycles. The maximum Gasteiger partial charge on any atom is 0.321 e. The lowest BCUT2D eigenvalue weighted by Crippen LogP contribution is -2.43. The Kier molecular flexibility index (Phi) is 5.99. The van der Waals surface area contributed by atoms with E-state index in [1.54, 1.807) is 24.3 Å². The van der Waals surface area contributed by atoms with Crippen LogP contribution in [0, 0.1) is 0 Å². The second-order valence-electron chi connectivity index (χ2n) is 4.00. The summed E-state index contributed by atoms with van der Waals surface area (Å²) in [6.07, 6.45) is -1.03. The van der Waals surface area contributed by atoms with E-state index in [1.165, 1.54) is 14.0 Å². The van der Waals surface area contributed by atoms with Crippen molar-refractivity contribution in [1.82, 2.24) is 10.6 Å². The average molecular weight is 299 g/mol. The first-order valence-electron chi connectivity index (χ1n) is 5.89. The van der Waals surface area contributed by atoms with Crippen molar-refractivity contribution in [3.63, 3.8) is 0 Å². The molecule has 0 unspecified atom stereocenters. The summed E-state index contributed by atoms with van der Waals surface area (Å²) in [6.45, 7) is 1.39. The predicted octanol–water partition coefficient (Wildman–Crippen LogP) is 1.27. The van der Waals surface area contributed by atoms with Crippen molar-refractivity contribution in [1.29, 1.82) is 0 Å². The van der Waals surface area contributed by atoms with Crippen LogP contribution in [0.2, 0.25) is 5.02 Å². The summed E-state index contributed by atoms with van der Waals surface area (Å²) in [5.41, 5.74) is 0.721. The molecule has 3 amide bonds. The predicted molar refractivity (Wildman–Crippen MR) is 73.3 cm³/mol. The van der Waals surface area contributed by atoms with Gasteiger partial charge in [-0.1, -0.05) is 23.7 Å². The zero-order valence-corrected chi connectivity index (χ0v) is 11.9. The monoisotopic (exact) mass is 298 g/mol. The minimum atomic E-state index is -1.05. The van der Waals surface area contributed by atoms with E-state index in [-0.39, 0.29) is 6.42 Å². The van der Waals surface area contributed by atoms with Crippen molar-refractivity contribution in [2.45, 2.75) is 19.4 Å². The molecule has 0 aromatic heterocycles. The van der Waals surface area contributed by atoms with E-state index in [0.717, 1.165) is 5.56 Å². The number of ether oxygens (including phenoxy) is 1. The maximum absolute atomic E-state index is 11.6. The maximum atomic E-state index is 11.6. The highest BCUT2D eigenvalue weighted by molar-refractivity contribution is 6.30. The van der Waals surface area contributed by atoms with Gasteiger partial charge in [0.25, 0.3) is 5.91 Å². The number of hydrogen-bond acceptors (Lipinski definition) is 4. The zero-order chi connectivity index (χ0) is 15.1. The van der Waals surface area contributed by atoms with E-state index in [1.807, 2.05) is 5.32 Å². The molecule has 0 saturated carbocycles. The number of urea groups is 1. The van der Waals surface area contributed by atoms with Crippen LogP contribution in [-0.2, 0) is 20.7 Å². The van der Waals surface area contributed by atoms with Crippen molar-refractivity contribution < 1.29 is 19.1 Å². The molecule has 1 atom stereocenters. The standard InChI is InChI=1S/C13H15ClN2O4/c1-8(12(18)16-13(19)15-2)20-11(17)7-9-3-5-10(14)6-4-9/h3-6,8H,7H2,1-2H3,(H2,15,16,18,19)/t8-/m0/s1. The first-order chi connectivity index (χ1) is 9.42. The van der Waals surface area contributed by atoms with Crippen LogP contribution in [0.4, 0.5) is 4.79 Å². The Morgan fingerprint density at radius 2 is 1.85 bits per heavy atom. The molecule has 2 N–H and O–H groups in total. The van der Waals surface area contributed by atoms with Gasteiger partial charge in [0.15, 0.2) is 6.10 Å². The molecule has 0 aliphatic heterocycles. The summed E-state index contributed by atoms with van der Waals surface area (Å²) >= 11 is 5.73. The first kappa shape index (κ1) is 16.0. The summed E-state index contributed by atoms with van der Waals surface area (Å²) < 4.78 is 4.93. The molecule has 7 heteroatoms. The molecule has 6 nitrogen and oxygen atoms in total. The van der Waals surface area contributed by atoms with Crippen LogP contribution in [0.5, 0.6) is 0 Å². The van der Waals surface area contributed by atoms with Crippen LogP contribution in [0.1, 0.15) is 12.5 Å². The van der Waals surface area contributed by atoms with Gasteiger partial charge in [-0.05, 0) is 24.6 Å². The van der Waals surface area contributed by atoms with Gasteiger partial charge >= 0.3 is 12.0 Å². The molecule has 1 rings (SSSR count). The van der Waals surface area contributed by atoms with Gasteiger partial charge in [0.2, 0.25) is 0 Å². The number of halogens is 1. The molecular weight excluding hydrogens is 284 g/mol. The minimum Gasteiger partial charge on any atom is -0.452 e. The molecule has 0 fully saturated rings. The third-order valence-corrected chi connectivity index (χ3v) is 2.65. The second kappa shape index (κ2) is 7.49. The molecule has 0 spiro atoms. The Labute approximate surface area is 121 Å². The van der Waals surface area contributed by atoms with E-state index >= 15 is 0 Å². The van der Waals surface area contributed by atoms with Crippen LogP contribution in [-0.4, -0.2) is 31.1 Å². The van der Waals surface area contributed by atoms with Crippen molar-refractivity contribution in [3.8, 4) is 0 Å². The lowest BCUT2D eigenvalue weighted by molar-refractivity contribution is -0.153. The summed E-state index contributed by atoms with van der Waals surface area (Å²) in [7, 11) is 1.37. The van der Waals surface area contributed by atoms with Gasteiger partial charge in [-0.25, -0.2) is 4.79 Å². The van der Waals surface area contributed by atoms with Crippen molar-refractivity contribution in [2.24, 2.45) is 0 Å². The molecule has 0 aliphatic rings. The quantitative estimate of drug-likeness (QED) is 0.820. The number of amides is 3. The van der Waals surface area contributed by atoms with E-state index in [9.17, 15) is 14.4 Å². The minimum absolute atomic E-state index is 0.0226. The number of rotatable bonds is 4. The highest BCUT2D eigenvalue weighted by Gasteiger charge is 2.19. The van der Waals surface area contributed by atoms with Gasteiger partial charge in [0.1, 0.15) is 0 Å². The van der Waals surface area contributed by atoms with E-state index in [4.69, 9.17) is 16.3 Å². The molecule has 0 radical (unpaired) electrons. The number of esters is 1. The van der Waals surface area contributed by atoms with Crippen LogP contribution in [0.25, 0.3) is 0 Å². The fourth-order valence-electron chi connectivity index (χ4n) is 1.34. The van der Waals surface area contributed by atoms with Crippen molar-refractivity contribution >= 4 is 29.5 Å². The van der Waals surface area contributed by atoms with Crippen LogP contribution < -0.4 is 10.6 Å². The molecule has 1 aromatic rings. The lowest BCUT2D eigenvalue weighted by Gasteiger charge is -2.12. The average Bonchev–Trinajstić information content (AvgIpc) is 2.41. The lowest BCUT2D eigenvalue weighted by atomic mass is 10.1. The highest BCUT2D eigenvalue weighted by Crippen LogP contribution is 2.10. The smallest absolute Gasteiger partial charge is 0.321 e. The topological polar surface area (TPSA) is 84.5 Å². The Balaban J connectivity index is 2.47. The molecule has 0 saturated heterocycles.